The monoisotopic (exact) mass is 343 g/mol. The summed E-state index contributed by atoms with van der Waals surface area (Å²) in [5.41, 5.74) is 2.21. The van der Waals surface area contributed by atoms with Gasteiger partial charge in [-0.2, -0.15) is 5.10 Å². The van der Waals surface area contributed by atoms with E-state index >= 15 is 0 Å². The van der Waals surface area contributed by atoms with E-state index in [1.807, 2.05) is 29.3 Å². The van der Waals surface area contributed by atoms with E-state index in [9.17, 15) is 4.79 Å². The van der Waals surface area contributed by atoms with Crippen molar-refractivity contribution < 1.29 is 9.53 Å². The number of nitrogens with zero attached hydrogens (tertiary/aromatic N) is 2. The zero-order valence-corrected chi connectivity index (χ0v) is 13.9. The maximum atomic E-state index is 12.2. The number of nitrogens with one attached hydrogen (secondary N) is 1. The van der Waals surface area contributed by atoms with Crippen LogP contribution in [0.15, 0.2) is 53.6 Å². The molecule has 0 unspecified atom stereocenters. The van der Waals surface area contributed by atoms with E-state index in [0.29, 0.717) is 23.8 Å². The third-order valence-corrected chi connectivity index (χ3v) is 3.86. The predicted molar refractivity (Wildman–Crippen MR) is 95.8 cm³/mol. The van der Waals surface area contributed by atoms with Gasteiger partial charge < -0.3 is 10.1 Å². The number of carbonyl (C=O) groups is 1. The van der Waals surface area contributed by atoms with Gasteiger partial charge in [-0.25, -0.2) is 0 Å². The standard InChI is InChI=1S/C18H18ClN3O2/c19-16-6-4-15(5-7-16)18(23)21-17-3-1-2-14(12-17)13-20-22-8-10-24-11-9-22/h1-7,12-13H,8-11H2,(H,21,23)/b20-13+. The third kappa shape index (κ3) is 4.57. The van der Waals surface area contributed by atoms with Crippen molar-refractivity contribution in [3.05, 3.63) is 64.7 Å². The normalized spacial score (nSPS) is 14.8. The Balaban J connectivity index is 1.65. The van der Waals surface area contributed by atoms with Gasteiger partial charge in [-0.05, 0) is 42.0 Å². The minimum absolute atomic E-state index is 0.172. The molecule has 1 N–H and O–H groups in total. The number of carbonyl (C=O) groups excluding carboxylic acids is 1. The van der Waals surface area contributed by atoms with Gasteiger partial charge in [-0.3, -0.25) is 9.80 Å². The lowest BCUT2D eigenvalue weighted by molar-refractivity contribution is 0.0397. The fourth-order valence-corrected chi connectivity index (χ4v) is 2.44. The average Bonchev–Trinajstić information content (AvgIpc) is 2.62. The molecule has 3 rings (SSSR count). The number of benzene rings is 2. The van der Waals surface area contributed by atoms with Crippen molar-refractivity contribution in [1.29, 1.82) is 0 Å². The highest BCUT2D eigenvalue weighted by Crippen LogP contribution is 2.14. The molecule has 124 valence electrons. The first-order chi connectivity index (χ1) is 11.7. The molecule has 2 aromatic carbocycles. The first-order valence-corrected chi connectivity index (χ1v) is 8.12. The average molecular weight is 344 g/mol. The summed E-state index contributed by atoms with van der Waals surface area (Å²) in [7, 11) is 0. The number of rotatable bonds is 4. The zero-order valence-electron chi connectivity index (χ0n) is 13.1. The molecule has 0 radical (unpaired) electrons. The Labute approximate surface area is 145 Å². The summed E-state index contributed by atoms with van der Waals surface area (Å²) in [6, 6.07) is 14.4. The number of hydrazone groups is 1. The Morgan fingerprint density at radius 1 is 1.17 bits per heavy atom. The van der Waals surface area contributed by atoms with Gasteiger partial charge in [0.1, 0.15) is 0 Å². The second-order valence-electron chi connectivity index (χ2n) is 5.40. The largest absolute Gasteiger partial charge is 0.378 e. The van der Waals surface area contributed by atoms with Crippen LogP contribution >= 0.6 is 11.6 Å². The SMILES string of the molecule is O=C(Nc1cccc(/C=N/N2CCOCC2)c1)c1ccc(Cl)cc1. The third-order valence-electron chi connectivity index (χ3n) is 3.61. The maximum absolute atomic E-state index is 12.2. The molecule has 1 aliphatic rings. The van der Waals surface area contributed by atoms with E-state index in [-0.39, 0.29) is 5.91 Å². The van der Waals surface area contributed by atoms with E-state index in [1.54, 1.807) is 30.5 Å². The molecule has 1 fully saturated rings. The number of halogens is 1. The van der Waals surface area contributed by atoms with Crippen LogP contribution in [-0.4, -0.2) is 43.4 Å². The van der Waals surface area contributed by atoms with Crippen molar-refractivity contribution in [3.63, 3.8) is 0 Å². The number of morpholine rings is 1. The van der Waals surface area contributed by atoms with Crippen LogP contribution in [0.3, 0.4) is 0 Å². The van der Waals surface area contributed by atoms with Crippen LogP contribution in [0.5, 0.6) is 0 Å². The Morgan fingerprint density at radius 3 is 2.67 bits per heavy atom. The van der Waals surface area contributed by atoms with Crippen molar-refractivity contribution in [2.24, 2.45) is 5.10 Å². The Morgan fingerprint density at radius 2 is 1.92 bits per heavy atom. The molecule has 0 atom stereocenters. The van der Waals surface area contributed by atoms with Crippen LogP contribution < -0.4 is 5.32 Å². The highest BCUT2D eigenvalue weighted by molar-refractivity contribution is 6.30. The van der Waals surface area contributed by atoms with E-state index in [4.69, 9.17) is 16.3 Å². The molecule has 0 bridgehead atoms. The summed E-state index contributed by atoms with van der Waals surface area (Å²) in [6.45, 7) is 3.00. The lowest BCUT2D eigenvalue weighted by Gasteiger charge is -2.23. The maximum Gasteiger partial charge on any atom is 0.255 e. The van der Waals surface area contributed by atoms with Crippen LogP contribution in [-0.2, 0) is 4.74 Å². The molecular formula is C18H18ClN3O2. The van der Waals surface area contributed by atoms with Crippen molar-refractivity contribution in [1.82, 2.24) is 5.01 Å². The molecule has 0 aliphatic carbocycles. The van der Waals surface area contributed by atoms with E-state index < -0.39 is 0 Å². The fraction of sp³-hybridized carbons (Fsp3) is 0.222. The summed E-state index contributed by atoms with van der Waals surface area (Å²) >= 11 is 5.84. The van der Waals surface area contributed by atoms with Gasteiger partial charge in [0.15, 0.2) is 0 Å². The summed E-state index contributed by atoms with van der Waals surface area (Å²) < 4.78 is 5.29. The molecule has 0 spiro atoms. The Kier molecular flexibility index (Phi) is 5.46. The summed E-state index contributed by atoms with van der Waals surface area (Å²) in [6.07, 6.45) is 1.79. The molecule has 0 saturated carbocycles. The smallest absolute Gasteiger partial charge is 0.255 e. The highest BCUT2D eigenvalue weighted by Gasteiger charge is 2.07. The van der Waals surface area contributed by atoms with Crippen LogP contribution in [0, 0.1) is 0 Å². The summed E-state index contributed by atoms with van der Waals surface area (Å²) in [5.74, 6) is -0.172. The van der Waals surface area contributed by atoms with Crippen LogP contribution in [0.25, 0.3) is 0 Å². The van der Waals surface area contributed by atoms with Gasteiger partial charge >= 0.3 is 0 Å². The van der Waals surface area contributed by atoms with Gasteiger partial charge in [-0.15, -0.1) is 0 Å². The predicted octanol–water partition coefficient (Wildman–Crippen LogP) is 3.26. The minimum Gasteiger partial charge on any atom is -0.378 e. The zero-order chi connectivity index (χ0) is 16.8. The van der Waals surface area contributed by atoms with Gasteiger partial charge in [-0.1, -0.05) is 23.7 Å². The molecule has 5 nitrogen and oxygen atoms in total. The number of hydrogen-bond donors (Lipinski definition) is 1. The second-order valence-corrected chi connectivity index (χ2v) is 5.83. The molecule has 1 saturated heterocycles. The van der Waals surface area contributed by atoms with Gasteiger partial charge in [0, 0.05) is 16.3 Å². The van der Waals surface area contributed by atoms with Crippen molar-refractivity contribution in [2.75, 3.05) is 31.6 Å². The lowest BCUT2D eigenvalue weighted by Crippen LogP contribution is -2.32. The number of anilines is 1. The fourth-order valence-electron chi connectivity index (χ4n) is 2.32. The number of hydrogen-bond acceptors (Lipinski definition) is 4. The van der Waals surface area contributed by atoms with Crippen molar-refractivity contribution in [3.8, 4) is 0 Å². The lowest BCUT2D eigenvalue weighted by atomic mass is 10.2. The van der Waals surface area contributed by atoms with E-state index in [1.165, 1.54) is 0 Å². The number of ether oxygens (including phenoxy) is 1. The number of amides is 1. The molecule has 1 aliphatic heterocycles. The molecule has 6 heteroatoms. The van der Waals surface area contributed by atoms with Crippen LogP contribution in [0.2, 0.25) is 5.02 Å². The van der Waals surface area contributed by atoms with Gasteiger partial charge in [0.05, 0.1) is 32.5 Å². The van der Waals surface area contributed by atoms with Gasteiger partial charge in [0.2, 0.25) is 0 Å². The highest BCUT2D eigenvalue weighted by atomic mass is 35.5. The van der Waals surface area contributed by atoms with Crippen LogP contribution in [0.4, 0.5) is 5.69 Å². The topological polar surface area (TPSA) is 53.9 Å². The van der Waals surface area contributed by atoms with Crippen LogP contribution in [0.1, 0.15) is 15.9 Å². The Hall–Kier alpha value is -2.37. The van der Waals surface area contributed by atoms with E-state index in [0.717, 1.165) is 24.3 Å². The minimum atomic E-state index is -0.172. The molecule has 1 heterocycles. The first kappa shape index (κ1) is 16.5. The van der Waals surface area contributed by atoms with Gasteiger partial charge in [0.25, 0.3) is 5.91 Å². The molecule has 24 heavy (non-hydrogen) atoms. The second kappa shape index (κ2) is 7.95. The quantitative estimate of drug-likeness (QED) is 0.867. The van der Waals surface area contributed by atoms with Crippen molar-refractivity contribution >= 4 is 29.4 Å². The Bertz CT molecular complexity index is 725. The first-order valence-electron chi connectivity index (χ1n) is 7.74. The summed E-state index contributed by atoms with van der Waals surface area (Å²) in [5, 5.41) is 9.90. The molecular weight excluding hydrogens is 326 g/mol. The van der Waals surface area contributed by atoms with E-state index in [2.05, 4.69) is 10.4 Å². The summed E-state index contributed by atoms with van der Waals surface area (Å²) in [4.78, 5) is 12.2. The molecule has 2 aromatic rings. The molecule has 1 amide bonds. The molecule has 0 aromatic heterocycles. The van der Waals surface area contributed by atoms with Crippen molar-refractivity contribution in [2.45, 2.75) is 0 Å².